The number of nitrogens with zero attached hydrogens (tertiary/aromatic N) is 8. The fourth-order valence-corrected chi connectivity index (χ4v) is 16.0. The summed E-state index contributed by atoms with van der Waals surface area (Å²) >= 11 is 6.12. The predicted octanol–water partition coefficient (Wildman–Crippen LogP) is 6.39. The first-order chi connectivity index (χ1) is 46.5. The van der Waals surface area contributed by atoms with Crippen LogP contribution in [0.2, 0.25) is 5.02 Å². The van der Waals surface area contributed by atoms with Crippen LogP contribution in [-0.4, -0.2) is 226 Å². The number of halogens is 4. The van der Waals surface area contributed by atoms with Gasteiger partial charge in [-0.25, -0.2) is 0 Å². The highest BCUT2D eigenvalue weighted by Gasteiger charge is 2.50. The molecule has 10 atom stereocenters. The lowest BCUT2D eigenvalue weighted by molar-refractivity contribution is -0.158. The molecule has 0 unspecified atom stereocenters. The minimum Gasteiger partial charge on any atom is -0.362 e. The zero-order valence-electron chi connectivity index (χ0n) is 59.1. The third-order valence-corrected chi connectivity index (χ3v) is 22.1. The number of likely N-dealkylation sites (N-methyl/N-ethyl adjacent to an activating group) is 5. The minimum atomic E-state index is -4.72. The second-order valence-corrected chi connectivity index (χ2v) is 29.4. The van der Waals surface area contributed by atoms with Crippen molar-refractivity contribution in [1.29, 1.82) is 0 Å². The van der Waals surface area contributed by atoms with Gasteiger partial charge in [0.2, 0.25) is 65.0 Å². The smallest absolute Gasteiger partial charge is 0.362 e. The third-order valence-electron chi connectivity index (χ3n) is 21.8. The molecular weight excluding hydrogens is 1290 g/mol. The van der Waals surface area contributed by atoms with Crippen LogP contribution in [0.3, 0.4) is 0 Å². The van der Waals surface area contributed by atoms with Crippen molar-refractivity contribution in [2.75, 3.05) is 67.5 Å². The van der Waals surface area contributed by atoms with Crippen molar-refractivity contribution in [3.8, 4) is 0 Å². The Kier molecular flexibility index (Phi) is 26.6. The highest BCUT2D eigenvalue weighted by atomic mass is 35.5. The van der Waals surface area contributed by atoms with Gasteiger partial charge in [0.1, 0.15) is 48.3 Å². The summed E-state index contributed by atoms with van der Waals surface area (Å²) in [6, 6.07) is -5.93. The van der Waals surface area contributed by atoms with E-state index in [2.05, 4.69) is 21.3 Å². The van der Waals surface area contributed by atoms with Crippen LogP contribution in [0.15, 0.2) is 29.6 Å². The lowest BCUT2D eigenvalue weighted by Gasteiger charge is -2.52. The number of hydrogen-bond donors (Lipinski definition) is 4. The van der Waals surface area contributed by atoms with Gasteiger partial charge >= 0.3 is 6.18 Å². The van der Waals surface area contributed by atoms with Crippen LogP contribution in [0, 0.1) is 23.7 Å². The van der Waals surface area contributed by atoms with Crippen LogP contribution in [0.5, 0.6) is 0 Å². The number of fused-ring (bicyclic) bond motifs is 5. The molecule has 544 valence electrons. The zero-order chi connectivity index (χ0) is 71.6. The summed E-state index contributed by atoms with van der Waals surface area (Å²) < 4.78 is 41.3. The molecule has 4 N–H and O–H groups in total. The molecule has 27 heteroatoms. The molecule has 11 amide bonds. The fraction of sp³-hybridized carbons (Fsp3) is 0.732. The normalized spacial score (nSPS) is 28.3. The second kappa shape index (κ2) is 33.9. The van der Waals surface area contributed by atoms with E-state index in [0.717, 1.165) is 81.3 Å². The van der Waals surface area contributed by atoms with Gasteiger partial charge in [0.05, 0.1) is 35.3 Å². The van der Waals surface area contributed by atoms with Gasteiger partial charge in [-0.05, 0) is 126 Å². The quantitative estimate of drug-likeness (QED) is 0.188. The van der Waals surface area contributed by atoms with Crippen molar-refractivity contribution >= 4 is 76.6 Å². The largest absolute Gasteiger partial charge is 0.417 e. The first kappa shape index (κ1) is 76.8. The summed E-state index contributed by atoms with van der Waals surface area (Å²) in [5.41, 5.74) is 0.923. The van der Waals surface area contributed by atoms with Crippen molar-refractivity contribution < 1.29 is 65.9 Å². The van der Waals surface area contributed by atoms with E-state index >= 15 is 0 Å². The van der Waals surface area contributed by atoms with E-state index in [0.29, 0.717) is 50.6 Å². The molecule has 2 saturated carbocycles. The van der Waals surface area contributed by atoms with Gasteiger partial charge in [0.25, 0.3) is 0 Å². The maximum Gasteiger partial charge on any atom is 0.417 e. The Labute approximate surface area is 580 Å². The second-order valence-electron chi connectivity index (χ2n) is 29.0. The molecule has 5 heterocycles. The minimum absolute atomic E-state index is 0.0196. The van der Waals surface area contributed by atoms with Gasteiger partial charge in [-0.3, -0.25) is 52.7 Å². The Morgan fingerprint density at radius 2 is 1.32 bits per heavy atom. The summed E-state index contributed by atoms with van der Waals surface area (Å²) in [6.45, 7) is 11.2. The van der Waals surface area contributed by atoms with Crippen molar-refractivity contribution in [2.45, 2.75) is 243 Å². The van der Waals surface area contributed by atoms with Crippen LogP contribution in [0.25, 0.3) is 0 Å². The Morgan fingerprint density at radius 1 is 0.633 bits per heavy atom. The molecule has 7 aliphatic rings. The number of benzene rings is 1. The summed E-state index contributed by atoms with van der Waals surface area (Å²) in [5, 5.41) is 11.0. The molecule has 2 aliphatic carbocycles. The summed E-state index contributed by atoms with van der Waals surface area (Å²) in [7, 11) is 6.48. The number of carbonyl (C=O) groups excluding carboxylic acids is 11. The Bertz CT molecular complexity index is 3140. The predicted molar refractivity (Wildman–Crippen MR) is 361 cm³/mol. The molecule has 0 spiro atoms. The lowest BCUT2D eigenvalue weighted by atomic mass is 9.84. The highest BCUT2D eigenvalue weighted by Crippen LogP contribution is 2.43. The van der Waals surface area contributed by atoms with E-state index < -0.39 is 137 Å². The van der Waals surface area contributed by atoms with Gasteiger partial charge in [0.15, 0.2) is 0 Å². The van der Waals surface area contributed by atoms with Crippen LogP contribution >= 0.6 is 11.6 Å². The standard InChI is InChI=1S/C71H106ClF3N12O11/c1-11-43(5)60-65(93)77-44(6)66(94)87-36-32-53(87)69(97)82(9)55(39-45-21-14-13-15-22-45)68(96)80(7)41-57(88)78-50(30-28-46-27-29-48(49(72)38-46)71(73,74)75)67(95)85-34-20-25-52(85)63(91)76-33-19-18-26-58(89)83(10)61(47-23-16-17-24-47)62-51-31-35-86(51)70(98)56(81(62)8)40-59(90)84(12-2)54(37-42(3)4)64(92)79-60/h27,29,38,42-45,47,50,52-56,60-61H,11-26,28,30-37,39-41H2,1-10H3,(H,76,91)(H,77,93)(H,78,88)(H,79,92)/t43-,44-,50-,52-,53-,54-,55-,56-,60-,61-/m0/s1. The molecular formula is C71H106ClF3N12O11. The fourth-order valence-electron chi connectivity index (χ4n) is 15.7. The number of rotatable bonds is 11. The molecule has 4 saturated heterocycles. The summed E-state index contributed by atoms with van der Waals surface area (Å²) in [4.78, 5) is 173. The molecule has 5 aliphatic heterocycles. The maximum absolute atomic E-state index is 15.0. The maximum atomic E-state index is 15.0. The van der Waals surface area contributed by atoms with Gasteiger partial charge in [-0.1, -0.05) is 96.7 Å². The molecule has 2 bridgehead atoms. The number of carbonyl (C=O) groups is 11. The van der Waals surface area contributed by atoms with E-state index in [1.54, 1.807) is 37.7 Å². The number of nitrogens with one attached hydrogen (secondary N) is 4. The molecule has 0 radical (unpaired) electrons. The Morgan fingerprint density at radius 3 is 1.93 bits per heavy atom. The average Bonchev–Trinajstić information content (AvgIpc) is 0.866. The third kappa shape index (κ3) is 17.9. The lowest BCUT2D eigenvalue weighted by Crippen LogP contribution is -2.65. The summed E-state index contributed by atoms with van der Waals surface area (Å²) in [5.74, 6) is -6.01. The first-order valence-electron chi connectivity index (χ1n) is 36.0. The number of amides is 11. The van der Waals surface area contributed by atoms with E-state index in [-0.39, 0.29) is 101 Å². The Hall–Kier alpha value is -6.99. The number of aryl methyl sites for hydroxylation is 1. The molecule has 98 heavy (non-hydrogen) atoms. The van der Waals surface area contributed by atoms with E-state index in [4.69, 9.17) is 11.6 Å². The topological polar surface area (TPSA) is 262 Å². The van der Waals surface area contributed by atoms with Crippen LogP contribution < -0.4 is 21.3 Å². The van der Waals surface area contributed by atoms with Crippen molar-refractivity contribution in [3.63, 3.8) is 0 Å². The number of alkyl halides is 3. The zero-order valence-corrected chi connectivity index (χ0v) is 59.9. The monoisotopic (exact) mass is 1390 g/mol. The summed E-state index contributed by atoms with van der Waals surface area (Å²) in [6.07, 6.45) is 6.34. The van der Waals surface area contributed by atoms with E-state index in [1.807, 2.05) is 25.7 Å². The van der Waals surface area contributed by atoms with Gasteiger partial charge in [-0.15, -0.1) is 0 Å². The van der Waals surface area contributed by atoms with Crippen molar-refractivity contribution in [2.24, 2.45) is 23.7 Å². The Balaban J connectivity index is 1.09. The van der Waals surface area contributed by atoms with Crippen molar-refractivity contribution in [3.05, 3.63) is 45.7 Å². The molecule has 6 fully saturated rings. The molecule has 1 aromatic carbocycles. The number of hydrogen-bond acceptors (Lipinski definition) is 12. The van der Waals surface area contributed by atoms with Crippen LogP contribution in [0.1, 0.15) is 188 Å². The molecule has 1 aromatic rings. The highest BCUT2D eigenvalue weighted by molar-refractivity contribution is 6.31. The van der Waals surface area contributed by atoms with Gasteiger partial charge in [0, 0.05) is 79.5 Å². The van der Waals surface area contributed by atoms with Gasteiger partial charge < -0.3 is 60.5 Å². The SMILES string of the molecule is CC[C@H](C)[C@@H]1NC(=O)[C@H](CC(C)C)N(CC)C(=O)C[C@H]2C(=O)N3CCC3=C([C@H](C3CCCC3)N(C)C(=O)CCCCNC(=O)[C@@H]3CCCN3C(=O)[C@H](CCc3ccc(C(F)(F)F)c(Cl)c3)NC(=O)CN(C)C(=O)[C@H](CC3CCCCC3)N(C)C(=O)[C@@H]3CCN3C(=O)[C@H](C)NC1=O)N2C. The molecule has 0 aromatic heterocycles. The first-order valence-corrected chi connectivity index (χ1v) is 36.3. The van der Waals surface area contributed by atoms with Crippen molar-refractivity contribution in [1.82, 2.24) is 60.5 Å². The van der Waals surface area contributed by atoms with E-state index in [1.165, 1.54) is 51.6 Å². The van der Waals surface area contributed by atoms with Gasteiger partial charge in [-0.2, -0.15) is 13.2 Å². The van der Waals surface area contributed by atoms with E-state index in [9.17, 15) is 65.9 Å². The average molecular weight is 1400 g/mol. The van der Waals surface area contributed by atoms with Crippen LogP contribution in [0.4, 0.5) is 13.2 Å². The molecule has 23 nitrogen and oxygen atoms in total. The van der Waals surface area contributed by atoms with Crippen LogP contribution in [-0.2, 0) is 65.3 Å². The molecule has 8 rings (SSSR count).